The van der Waals surface area contributed by atoms with E-state index < -0.39 is 72.4 Å². The number of phosphoric ester groups is 2. The first-order valence-corrected chi connectivity index (χ1v) is 47.8. The molecule has 0 aliphatic heterocycles. The number of carbonyl (C=O) groups excluding carboxylic acids is 5. The van der Waals surface area contributed by atoms with E-state index in [0.29, 0.717) is 38.5 Å². The summed E-state index contributed by atoms with van der Waals surface area (Å²) < 4.78 is 61.1. The minimum atomic E-state index is -4.79. The maximum Gasteiger partial charge on any atom is 1.00 e. The summed E-state index contributed by atoms with van der Waals surface area (Å²) in [6, 6.07) is -2.58. The van der Waals surface area contributed by atoms with Gasteiger partial charge in [0.2, 0.25) is 11.8 Å². The molecule has 0 radical (unpaired) electrons. The molecule has 0 spiro atoms. The molecule has 0 aromatic carbocycles. The van der Waals surface area contributed by atoms with Gasteiger partial charge >= 0.3 is 92.7 Å². The van der Waals surface area contributed by atoms with Crippen molar-refractivity contribution in [3.63, 3.8) is 0 Å². The quantitative estimate of drug-likeness (QED) is 0.0143. The van der Waals surface area contributed by atoms with Gasteiger partial charge in [-0.05, 0) is 51.4 Å². The van der Waals surface area contributed by atoms with Crippen molar-refractivity contribution < 1.29 is 132 Å². The van der Waals surface area contributed by atoms with Crippen LogP contribution in [0.2, 0.25) is 0 Å². The molecule has 108 heavy (non-hydrogen) atoms. The van der Waals surface area contributed by atoms with Gasteiger partial charge in [0.25, 0.3) is 0 Å². The number of hydrogen-bond acceptors (Lipinski definition) is 13. The standard InChI is InChI=1S/C85H168N4O15P2.2Na.2H/c1-7-13-19-25-31-37-39-45-49-55-61-67-81(90)88-77(79(65-59-53-47-41-33-27-21-15-9-3)103-83(92)69-63-57-51-43-35-29-23-17-11-5)75-101-105(95,96)99-73-71-86-85(94)87-72-74-100-106(97,98)102-76-78(89-82(91)68-62-56-50-46-40-38-32-26-20-14-8-2)80(66-60-54-48-42-34-28-22-16-10-4)104-84(93)70-64-58-52-44-36-30-24-18-12-6;;;;/h77-80H,7-76H2,1-6H3,(H,88,90)(H,89,91)(H,95,96)(H,97,98)(H2,86,87,94);;;;/q;2*+1;2*-1/t77-,78-,79+,80+;;;;/m0..../s1. The Labute approximate surface area is 710 Å². The predicted molar refractivity (Wildman–Crippen MR) is 440 cm³/mol. The first-order chi connectivity index (χ1) is 51.6. The molecule has 0 aliphatic rings. The SMILES string of the molecule is CCCCCCCCCCCCCC(=O)N[C@@H](COP(=O)(O)OCCNC(=O)NCCOP(=O)(O)OC[C@H](NC(=O)CCCCCCCCCCCCC)[C@@H](CCCCCCCCCCC)OC(=O)CCCCCCCCCCC)[C@@H](CCCCCCCCCCC)OC(=O)CCCCCCCCCCC.[H-].[H-].[Na+].[Na+]. The van der Waals surface area contributed by atoms with Crippen molar-refractivity contribution in [1.29, 1.82) is 0 Å². The van der Waals surface area contributed by atoms with Gasteiger partial charge in [-0.25, -0.2) is 13.9 Å². The van der Waals surface area contributed by atoms with Gasteiger partial charge in [-0.2, -0.15) is 0 Å². The summed E-state index contributed by atoms with van der Waals surface area (Å²) in [6.45, 7) is 11.1. The molecule has 0 aromatic rings. The molecule has 23 heteroatoms. The number of carbonyl (C=O) groups is 5. The van der Waals surface area contributed by atoms with Crippen LogP contribution in [-0.4, -0.2) is 103 Å². The van der Waals surface area contributed by atoms with E-state index in [1.807, 2.05) is 0 Å². The second-order valence-corrected chi connectivity index (χ2v) is 33.7. The summed E-state index contributed by atoms with van der Waals surface area (Å²) in [5, 5.41) is 11.1. The summed E-state index contributed by atoms with van der Waals surface area (Å²) in [6.07, 6.45) is 64.9. The second kappa shape index (κ2) is 84.3. The van der Waals surface area contributed by atoms with Crippen LogP contribution < -0.4 is 80.4 Å². The van der Waals surface area contributed by atoms with Gasteiger partial charge in [0, 0.05) is 38.8 Å². The monoisotopic (exact) mass is 1600 g/mol. The maximum absolute atomic E-state index is 13.7. The molecule has 0 saturated carbocycles. The topological polar surface area (TPSA) is 263 Å². The number of unbranched alkanes of at least 4 members (excludes halogenated alkanes) is 52. The molecule has 0 aromatic heterocycles. The second-order valence-electron chi connectivity index (χ2n) is 30.7. The summed E-state index contributed by atoms with van der Waals surface area (Å²) in [4.78, 5) is 89.5. The zero-order valence-electron chi connectivity index (χ0n) is 73.4. The zero-order chi connectivity index (χ0) is 77.8. The summed E-state index contributed by atoms with van der Waals surface area (Å²) in [5.41, 5.74) is 0. The summed E-state index contributed by atoms with van der Waals surface area (Å²) >= 11 is 0. The third kappa shape index (κ3) is 77.9. The zero-order valence-corrected chi connectivity index (χ0v) is 77.2. The Bertz CT molecular complexity index is 1990. The average Bonchev–Trinajstić information content (AvgIpc) is 0.879. The van der Waals surface area contributed by atoms with E-state index in [4.69, 9.17) is 27.6 Å². The minimum Gasteiger partial charge on any atom is -1.00 e. The normalized spacial score (nSPS) is 13.6. The fraction of sp³-hybridized carbons (Fsp3) is 0.941. The average molecular weight is 1600 g/mol. The van der Waals surface area contributed by atoms with Crippen molar-refractivity contribution in [2.75, 3.05) is 39.5 Å². The smallest absolute Gasteiger partial charge is 1.00 e. The number of ether oxygens (including phenoxy) is 2. The molecule has 6 atom stereocenters. The van der Waals surface area contributed by atoms with Crippen LogP contribution >= 0.6 is 15.6 Å². The van der Waals surface area contributed by atoms with Crippen LogP contribution in [0.3, 0.4) is 0 Å². The Morgan fingerprint density at radius 3 is 0.731 bits per heavy atom. The number of hydrogen-bond donors (Lipinski definition) is 6. The molecule has 0 saturated heterocycles. The van der Waals surface area contributed by atoms with Crippen molar-refractivity contribution in [1.82, 2.24) is 21.3 Å². The Hall–Kier alpha value is -0.630. The Morgan fingerprint density at radius 2 is 0.500 bits per heavy atom. The van der Waals surface area contributed by atoms with Crippen LogP contribution in [0.25, 0.3) is 0 Å². The molecular weight excluding hydrogens is 1420 g/mol. The Kier molecular flexibility index (Phi) is 87.0. The van der Waals surface area contributed by atoms with Crippen molar-refractivity contribution in [3.05, 3.63) is 0 Å². The van der Waals surface area contributed by atoms with Crippen LogP contribution in [0.15, 0.2) is 0 Å². The van der Waals surface area contributed by atoms with E-state index in [0.717, 1.165) is 128 Å². The number of nitrogens with one attached hydrogen (secondary N) is 4. The fourth-order valence-electron chi connectivity index (χ4n) is 13.7. The van der Waals surface area contributed by atoms with Gasteiger partial charge in [0.15, 0.2) is 0 Å². The largest absolute Gasteiger partial charge is 1.00 e. The van der Waals surface area contributed by atoms with Gasteiger partial charge in [0.1, 0.15) is 12.2 Å². The molecule has 4 amide bonds. The number of amides is 4. The van der Waals surface area contributed by atoms with Crippen LogP contribution in [-0.2, 0) is 55.9 Å². The molecular formula is C85H170N4Na2O15P2. The van der Waals surface area contributed by atoms with Crippen LogP contribution in [0.1, 0.15) is 455 Å². The molecule has 0 bridgehead atoms. The predicted octanol–water partition coefficient (Wildman–Crippen LogP) is 18.7. The van der Waals surface area contributed by atoms with Gasteiger partial charge in [-0.3, -0.25) is 37.3 Å². The molecule has 632 valence electrons. The molecule has 6 N–H and O–H groups in total. The van der Waals surface area contributed by atoms with E-state index in [1.165, 1.54) is 218 Å². The molecule has 19 nitrogen and oxygen atoms in total. The molecule has 0 aliphatic carbocycles. The molecule has 2 unspecified atom stereocenters. The first kappa shape index (κ1) is 112. The van der Waals surface area contributed by atoms with E-state index in [2.05, 4.69) is 62.8 Å². The summed E-state index contributed by atoms with van der Waals surface area (Å²) in [5.74, 6) is -1.24. The van der Waals surface area contributed by atoms with Crippen molar-refractivity contribution in [3.8, 4) is 0 Å². The first-order valence-electron chi connectivity index (χ1n) is 44.8. The van der Waals surface area contributed by atoms with Gasteiger partial charge in [0.05, 0.1) is 38.5 Å². The van der Waals surface area contributed by atoms with Crippen molar-refractivity contribution in [2.24, 2.45) is 0 Å². The van der Waals surface area contributed by atoms with Crippen molar-refractivity contribution in [2.45, 2.75) is 477 Å². The van der Waals surface area contributed by atoms with Crippen LogP contribution in [0, 0.1) is 0 Å². The molecule has 0 heterocycles. The van der Waals surface area contributed by atoms with Crippen LogP contribution in [0.4, 0.5) is 4.79 Å². The molecule has 0 rings (SSSR count). The molecule has 0 fully saturated rings. The Morgan fingerprint density at radius 1 is 0.296 bits per heavy atom. The minimum absolute atomic E-state index is 0. The number of rotatable bonds is 84. The van der Waals surface area contributed by atoms with E-state index in [-0.39, 0.29) is 124 Å². The van der Waals surface area contributed by atoms with Crippen molar-refractivity contribution >= 4 is 45.4 Å². The third-order valence-corrected chi connectivity index (χ3v) is 22.4. The fourth-order valence-corrected chi connectivity index (χ4v) is 15.2. The number of phosphoric acid groups is 2. The van der Waals surface area contributed by atoms with Crippen LogP contribution in [0.5, 0.6) is 0 Å². The van der Waals surface area contributed by atoms with Gasteiger partial charge in [-0.1, -0.05) is 375 Å². The summed E-state index contributed by atoms with van der Waals surface area (Å²) in [7, 11) is -9.58. The third-order valence-electron chi connectivity index (χ3n) is 20.4. The van der Waals surface area contributed by atoms with E-state index in [1.54, 1.807) is 0 Å². The van der Waals surface area contributed by atoms with Gasteiger partial charge in [-0.15, -0.1) is 0 Å². The Balaban J connectivity index is -0.00000919. The number of esters is 2. The van der Waals surface area contributed by atoms with E-state index >= 15 is 0 Å². The maximum atomic E-state index is 13.7. The van der Waals surface area contributed by atoms with Gasteiger partial charge < -0.3 is 43.4 Å². The number of urea groups is 1. The van der Waals surface area contributed by atoms with E-state index in [9.17, 15) is 42.9 Å².